The van der Waals surface area contributed by atoms with E-state index in [1.54, 1.807) is 12.1 Å². The second-order valence-corrected chi connectivity index (χ2v) is 6.26. The quantitative estimate of drug-likeness (QED) is 0.743. The van der Waals surface area contributed by atoms with Crippen LogP contribution < -0.4 is 16.6 Å². The lowest BCUT2D eigenvalue weighted by atomic mass is 10.1. The number of nitrogens with zero attached hydrogens (tertiary/aromatic N) is 1. The lowest BCUT2D eigenvalue weighted by Crippen LogP contribution is -2.39. The highest BCUT2D eigenvalue weighted by Gasteiger charge is 2.16. The fraction of sp³-hybridized carbons (Fsp3) is 0.150. The standard InChI is InChI=1S/C20H18FN3O3/c1-12-7-8-17(13(2)9-12)23-18(25)15-10-22-20(27)24(19(15)26)11-14-5-3-4-6-16(14)21/h3-10H,11H2,1-2H3,(H,22,27)(H,23,25). The van der Waals surface area contributed by atoms with E-state index in [4.69, 9.17) is 0 Å². The summed E-state index contributed by atoms with van der Waals surface area (Å²) in [6.07, 6.45) is 1.07. The van der Waals surface area contributed by atoms with E-state index in [1.165, 1.54) is 18.2 Å². The first-order valence-electron chi connectivity index (χ1n) is 8.31. The van der Waals surface area contributed by atoms with Gasteiger partial charge in [0.05, 0.1) is 6.54 Å². The third-order valence-electron chi connectivity index (χ3n) is 4.22. The highest BCUT2D eigenvalue weighted by molar-refractivity contribution is 6.04. The van der Waals surface area contributed by atoms with Gasteiger partial charge >= 0.3 is 5.69 Å². The van der Waals surface area contributed by atoms with Crippen LogP contribution in [-0.4, -0.2) is 15.5 Å². The first kappa shape index (κ1) is 18.3. The number of aromatic amines is 1. The molecule has 0 bridgehead atoms. The van der Waals surface area contributed by atoms with Crippen LogP contribution in [0.25, 0.3) is 0 Å². The molecule has 0 aliphatic rings. The van der Waals surface area contributed by atoms with Gasteiger partial charge in [-0.15, -0.1) is 0 Å². The molecule has 0 radical (unpaired) electrons. The van der Waals surface area contributed by atoms with Crippen LogP contribution in [0.3, 0.4) is 0 Å². The number of carbonyl (C=O) groups excluding carboxylic acids is 1. The van der Waals surface area contributed by atoms with Gasteiger partial charge in [0, 0.05) is 17.4 Å². The largest absolute Gasteiger partial charge is 0.328 e. The van der Waals surface area contributed by atoms with Gasteiger partial charge in [0.25, 0.3) is 11.5 Å². The van der Waals surface area contributed by atoms with E-state index in [0.717, 1.165) is 21.9 Å². The maximum atomic E-state index is 13.9. The predicted octanol–water partition coefficient (Wildman–Crippen LogP) is 2.59. The van der Waals surface area contributed by atoms with E-state index in [0.29, 0.717) is 5.69 Å². The normalized spacial score (nSPS) is 10.6. The van der Waals surface area contributed by atoms with E-state index in [-0.39, 0.29) is 17.7 Å². The number of hydrogen-bond acceptors (Lipinski definition) is 3. The number of carbonyl (C=O) groups is 1. The molecule has 0 unspecified atom stereocenters. The van der Waals surface area contributed by atoms with Gasteiger partial charge in [-0.1, -0.05) is 35.9 Å². The Morgan fingerprint density at radius 2 is 1.89 bits per heavy atom. The molecule has 3 rings (SSSR count). The maximum Gasteiger partial charge on any atom is 0.328 e. The van der Waals surface area contributed by atoms with Crippen LogP contribution in [0.5, 0.6) is 0 Å². The Morgan fingerprint density at radius 1 is 1.15 bits per heavy atom. The van der Waals surface area contributed by atoms with Crippen molar-refractivity contribution >= 4 is 11.6 Å². The van der Waals surface area contributed by atoms with E-state index < -0.39 is 23.0 Å². The zero-order valence-electron chi connectivity index (χ0n) is 14.9. The third-order valence-corrected chi connectivity index (χ3v) is 4.22. The monoisotopic (exact) mass is 367 g/mol. The van der Waals surface area contributed by atoms with Crippen molar-refractivity contribution in [1.29, 1.82) is 0 Å². The molecule has 0 spiro atoms. The summed E-state index contributed by atoms with van der Waals surface area (Å²) in [4.78, 5) is 39.6. The van der Waals surface area contributed by atoms with Crippen LogP contribution in [0.1, 0.15) is 27.0 Å². The molecule has 1 aromatic heterocycles. The number of nitrogens with one attached hydrogen (secondary N) is 2. The third kappa shape index (κ3) is 3.87. The summed E-state index contributed by atoms with van der Waals surface area (Å²) in [5.74, 6) is -1.18. The average Bonchev–Trinajstić information content (AvgIpc) is 2.62. The molecule has 7 heteroatoms. The maximum absolute atomic E-state index is 13.9. The molecule has 0 saturated carbocycles. The molecule has 0 saturated heterocycles. The van der Waals surface area contributed by atoms with Crippen LogP contribution >= 0.6 is 0 Å². The second-order valence-electron chi connectivity index (χ2n) is 6.26. The molecule has 0 atom stereocenters. The number of anilines is 1. The molecule has 1 amide bonds. The summed E-state index contributed by atoms with van der Waals surface area (Å²) in [5.41, 5.74) is 0.900. The topological polar surface area (TPSA) is 84.0 Å². The molecule has 3 aromatic rings. The highest BCUT2D eigenvalue weighted by Crippen LogP contribution is 2.16. The van der Waals surface area contributed by atoms with Crippen molar-refractivity contribution in [1.82, 2.24) is 9.55 Å². The zero-order valence-corrected chi connectivity index (χ0v) is 14.9. The average molecular weight is 367 g/mol. The van der Waals surface area contributed by atoms with Gasteiger partial charge < -0.3 is 10.3 Å². The summed E-state index contributed by atoms with van der Waals surface area (Å²) >= 11 is 0. The van der Waals surface area contributed by atoms with E-state index in [9.17, 15) is 18.8 Å². The van der Waals surface area contributed by atoms with Crippen molar-refractivity contribution in [2.45, 2.75) is 20.4 Å². The van der Waals surface area contributed by atoms with Gasteiger partial charge in [-0.05, 0) is 31.5 Å². The molecule has 27 heavy (non-hydrogen) atoms. The van der Waals surface area contributed by atoms with Crippen molar-refractivity contribution in [3.05, 3.63) is 97.6 Å². The Morgan fingerprint density at radius 3 is 2.59 bits per heavy atom. The van der Waals surface area contributed by atoms with Crippen molar-refractivity contribution in [3.8, 4) is 0 Å². The van der Waals surface area contributed by atoms with Crippen molar-refractivity contribution in [3.63, 3.8) is 0 Å². The second kappa shape index (κ2) is 7.41. The van der Waals surface area contributed by atoms with Gasteiger partial charge in [0.2, 0.25) is 0 Å². The molecule has 0 fully saturated rings. The molecule has 0 aliphatic carbocycles. The number of rotatable bonds is 4. The smallest absolute Gasteiger partial charge is 0.322 e. The Labute approximate surface area is 154 Å². The Balaban J connectivity index is 1.95. The summed E-state index contributed by atoms with van der Waals surface area (Å²) in [6, 6.07) is 11.3. The number of aryl methyl sites for hydroxylation is 2. The van der Waals surface area contributed by atoms with E-state index in [1.807, 2.05) is 26.0 Å². The summed E-state index contributed by atoms with van der Waals surface area (Å²) in [5, 5.41) is 2.67. The minimum atomic E-state index is -0.788. The summed E-state index contributed by atoms with van der Waals surface area (Å²) in [6.45, 7) is 3.50. The molecule has 0 aliphatic heterocycles. The van der Waals surface area contributed by atoms with Crippen molar-refractivity contribution in [2.75, 3.05) is 5.32 Å². The summed E-state index contributed by atoms with van der Waals surface area (Å²) in [7, 11) is 0. The molecule has 138 valence electrons. The first-order valence-corrected chi connectivity index (χ1v) is 8.31. The fourth-order valence-corrected chi connectivity index (χ4v) is 2.76. The number of benzene rings is 2. The lowest BCUT2D eigenvalue weighted by molar-refractivity contribution is 0.102. The highest BCUT2D eigenvalue weighted by atomic mass is 19.1. The molecular weight excluding hydrogens is 349 g/mol. The van der Waals surface area contributed by atoms with Crippen molar-refractivity contribution < 1.29 is 9.18 Å². The van der Waals surface area contributed by atoms with Gasteiger partial charge in [-0.3, -0.25) is 14.2 Å². The lowest BCUT2D eigenvalue weighted by Gasteiger charge is -2.10. The van der Waals surface area contributed by atoms with E-state index >= 15 is 0 Å². The Kier molecular flexibility index (Phi) is 5.03. The molecule has 1 heterocycles. The molecule has 2 N–H and O–H groups in total. The van der Waals surface area contributed by atoms with Gasteiger partial charge in [-0.25, -0.2) is 9.18 Å². The van der Waals surface area contributed by atoms with Crippen LogP contribution in [-0.2, 0) is 6.54 Å². The van der Waals surface area contributed by atoms with Crippen LogP contribution in [0.4, 0.5) is 10.1 Å². The minimum Gasteiger partial charge on any atom is -0.322 e. The SMILES string of the molecule is Cc1ccc(NC(=O)c2c[nH]c(=O)n(Cc3ccccc3F)c2=O)c(C)c1. The molecule has 2 aromatic carbocycles. The number of hydrogen-bond donors (Lipinski definition) is 2. The number of aromatic nitrogens is 2. The Bertz CT molecular complexity index is 1130. The summed E-state index contributed by atoms with van der Waals surface area (Å²) < 4.78 is 14.7. The predicted molar refractivity (Wildman–Crippen MR) is 101 cm³/mol. The van der Waals surface area contributed by atoms with Crippen LogP contribution in [0, 0.1) is 19.7 Å². The first-order chi connectivity index (χ1) is 12.9. The van der Waals surface area contributed by atoms with Crippen LogP contribution in [0.2, 0.25) is 0 Å². The number of amides is 1. The fourth-order valence-electron chi connectivity index (χ4n) is 2.76. The molecule has 6 nitrogen and oxygen atoms in total. The zero-order chi connectivity index (χ0) is 19.6. The minimum absolute atomic E-state index is 0.178. The van der Waals surface area contributed by atoms with Gasteiger partial charge in [0.1, 0.15) is 11.4 Å². The van der Waals surface area contributed by atoms with Crippen LogP contribution in [0.15, 0.2) is 58.3 Å². The Hall–Kier alpha value is -3.48. The number of H-pyrrole nitrogens is 1. The van der Waals surface area contributed by atoms with Gasteiger partial charge in [0.15, 0.2) is 0 Å². The molecular formula is C20H18FN3O3. The number of halogens is 1. The van der Waals surface area contributed by atoms with E-state index in [2.05, 4.69) is 10.3 Å². The van der Waals surface area contributed by atoms with Gasteiger partial charge in [-0.2, -0.15) is 0 Å². The van der Waals surface area contributed by atoms with Crippen molar-refractivity contribution in [2.24, 2.45) is 0 Å².